The van der Waals surface area contributed by atoms with Crippen molar-refractivity contribution in [3.05, 3.63) is 47.4 Å². The van der Waals surface area contributed by atoms with Gasteiger partial charge in [-0.05, 0) is 56.7 Å². The van der Waals surface area contributed by atoms with Crippen LogP contribution in [-0.2, 0) is 17.8 Å². The van der Waals surface area contributed by atoms with Crippen molar-refractivity contribution in [2.45, 2.75) is 64.1 Å². The highest BCUT2D eigenvalue weighted by Gasteiger charge is 2.26. The summed E-state index contributed by atoms with van der Waals surface area (Å²) >= 11 is 0. The lowest BCUT2D eigenvalue weighted by atomic mass is 10.0. The second-order valence-electron chi connectivity index (χ2n) is 8.26. The molecule has 1 aliphatic carbocycles. The number of benzene rings is 1. The van der Waals surface area contributed by atoms with E-state index in [-0.39, 0.29) is 6.10 Å². The molecule has 2 aliphatic rings. The molecule has 3 aromatic rings. The normalized spacial score (nSPS) is 18.8. The maximum Gasteiger partial charge on any atom is 0.113 e. The molecule has 1 aliphatic heterocycles. The zero-order valence-corrected chi connectivity index (χ0v) is 17.3. The van der Waals surface area contributed by atoms with Crippen molar-refractivity contribution in [1.82, 2.24) is 30.0 Å². The van der Waals surface area contributed by atoms with Crippen molar-refractivity contribution in [2.75, 3.05) is 6.61 Å². The lowest BCUT2D eigenvalue weighted by Gasteiger charge is -2.21. The molecular weight excluding hydrogens is 376 g/mol. The third kappa shape index (κ3) is 4.44. The van der Waals surface area contributed by atoms with Crippen LogP contribution in [0.2, 0.25) is 0 Å². The van der Waals surface area contributed by atoms with Gasteiger partial charge < -0.3 is 4.74 Å². The molecule has 1 atom stereocenters. The van der Waals surface area contributed by atoms with Crippen LogP contribution in [0, 0.1) is 18.8 Å². The lowest BCUT2D eigenvalue weighted by molar-refractivity contribution is 0.00370. The number of hydrogen-bond donors (Lipinski definition) is 0. The smallest absolute Gasteiger partial charge is 0.113 e. The van der Waals surface area contributed by atoms with E-state index in [9.17, 15) is 0 Å². The van der Waals surface area contributed by atoms with Gasteiger partial charge in [-0.15, -0.1) is 10.2 Å². The molecule has 2 fully saturated rings. The Labute approximate surface area is 176 Å². The second-order valence-corrected chi connectivity index (χ2v) is 8.26. The van der Waals surface area contributed by atoms with Gasteiger partial charge in [0.15, 0.2) is 0 Å². The van der Waals surface area contributed by atoms with Crippen LogP contribution in [0.3, 0.4) is 0 Å². The molecule has 3 heterocycles. The maximum absolute atomic E-state index is 5.81. The minimum absolute atomic E-state index is 0.248. The number of aromatic nitrogens is 6. The average molecular weight is 403 g/mol. The summed E-state index contributed by atoms with van der Waals surface area (Å²) in [5, 5.41) is 17.0. The Morgan fingerprint density at radius 3 is 2.77 bits per heavy atom. The molecule has 7 heteroatoms. The highest BCUT2D eigenvalue weighted by molar-refractivity contribution is 5.64. The van der Waals surface area contributed by atoms with Crippen LogP contribution in [0.5, 0.6) is 0 Å². The van der Waals surface area contributed by atoms with Crippen molar-refractivity contribution in [2.24, 2.45) is 0 Å². The topological polar surface area (TPSA) is 70.7 Å². The molecular formula is C23H26N6O. The Hall–Kier alpha value is -2.98. The van der Waals surface area contributed by atoms with Crippen LogP contribution < -0.4 is 0 Å². The molecule has 0 radical (unpaired) electrons. The largest absolute Gasteiger partial charge is 0.376 e. The third-order valence-electron chi connectivity index (χ3n) is 5.73. The van der Waals surface area contributed by atoms with Gasteiger partial charge in [-0.3, -0.25) is 0 Å². The van der Waals surface area contributed by atoms with Crippen LogP contribution in [-0.4, -0.2) is 42.7 Å². The molecule has 30 heavy (non-hydrogen) atoms. The molecule has 0 N–H and O–H groups in total. The van der Waals surface area contributed by atoms with Crippen LogP contribution in [0.25, 0.3) is 11.3 Å². The van der Waals surface area contributed by atoms with E-state index in [0.29, 0.717) is 12.5 Å². The fraction of sp³-hybridized carbons (Fsp3) is 0.478. The Morgan fingerprint density at radius 1 is 1.07 bits per heavy atom. The van der Waals surface area contributed by atoms with E-state index in [1.807, 2.05) is 27.8 Å². The predicted molar refractivity (Wildman–Crippen MR) is 113 cm³/mol. The van der Waals surface area contributed by atoms with Crippen LogP contribution in [0.4, 0.5) is 0 Å². The average Bonchev–Trinajstić information content (AvgIpc) is 3.33. The molecule has 1 saturated heterocycles. The number of nitrogens with zero attached hydrogens (tertiary/aromatic N) is 6. The fourth-order valence-corrected chi connectivity index (χ4v) is 3.88. The fourth-order valence-electron chi connectivity index (χ4n) is 3.88. The van der Waals surface area contributed by atoms with Gasteiger partial charge in [-0.1, -0.05) is 28.3 Å². The summed E-state index contributed by atoms with van der Waals surface area (Å²) in [5.41, 5.74) is 5.20. The summed E-state index contributed by atoms with van der Waals surface area (Å²) in [4.78, 5) is 0. The van der Waals surface area contributed by atoms with Gasteiger partial charge in [-0.25, -0.2) is 9.36 Å². The lowest BCUT2D eigenvalue weighted by Crippen LogP contribution is -2.24. The van der Waals surface area contributed by atoms with Crippen molar-refractivity contribution >= 4 is 0 Å². The first-order valence-corrected chi connectivity index (χ1v) is 10.8. The van der Waals surface area contributed by atoms with Gasteiger partial charge >= 0.3 is 0 Å². The van der Waals surface area contributed by atoms with Crippen molar-refractivity contribution in [3.8, 4) is 23.1 Å². The molecule has 0 bridgehead atoms. The summed E-state index contributed by atoms with van der Waals surface area (Å²) < 4.78 is 9.52. The highest BCUT2D eigenvalue weighted by atomic mass is 16.5. The molecule has 154 valence electrons. The van der Waals surface area contributed by atoms with E-state index in [0.717, 1.165) is 54.1 Å². The van der Waals surface area contributed by atoms with Gasteiger partial charge in [0.2, 0.25) is 0 Å². The number of rotatable bonds is 5. The Kier molecular flexibility index (Phi) is 5.33. The first kappa shape index (κ1) is 19.0. The zero-order chi connectivity index (χ0) is 20.3. The minimum atomic E-state index is 0.248. The standard InChI is InChI=1S/C23H26N6O/c1-17-13-18(5-4-11-28-15-22(24-26-28)19-8-9-19)7-10-21(17)23-16-29(27-25-23)14-20-6-2-3-12-30-20/h7,10,13,15-16,19-20H,2-3,6,8-9,11-12,14H2,1H3. The Bertz CT molecular complexity index is 1080. The Morgan fingerprint density at radius 2 is 1.97 bits per heavy atom. The van der Waals surface area contributed by atoms with E-state index >= 15 is 0 Å². The van der Waals surface area contributed by atoms with Crippen molar-refractivity contribution in [3.63, 3.8) is 0 Å². The van der Waals surface area contributed by atoms with Crippen molar-refractivity contribution in [1.29, 1.82) is 0 Å². The molecule has 5 rings (SSSR count). The summed E-state index contributed by atoms with van der Waals surface area (Å²) in [5.74, 6) is 7.04. The van der Waals surface area contributed by atoms with E-state index in [2.05, 4.69) is 51.5 Å². The number of ether oxygens (including phenoxy) is 1. The van der Waals surface area contributed by atoms with Gasteiger partial charge in [0, 0.05) is 29.8 Å². The van der Waals surface area contributed by atoms with E-state index < -0.39 is 0 Å². The van der Waals surface area contributed by atoms with E-state index in [4.69, 9.17) is 4.74 Å². The van der Waals surface area contributed by atoms with Crippen LogP contribution in [0.1, 0.15) is 54.8 Å². The number of aryl methyl sites for hydroxylation is 1. The van der Waals surface area contributed by atoms with Gasteiger partial charge in [-0.2, -0.15) is 0 Å². The number of hydrogen-bond acceptors (Lipinski definition) is 5. The quantitative estimate of drug-likeness (QED) is 0.612. The Balaban J connectivity index is 1.23. The van der Waals surface area contributed by atoms with Crippen molar-refractivity contribution < 1.29 is 4.74 Å². The SMILES string of the molecule is Cc1cc(C#CCn2cc(C3CC3)nn2)ccc1-c1cn(CC2CCCCO2)nn1. The highest BCUT2D eigenvalue weighted by Crippen LogP contribution is 2.38. The molecule has 0 amide bonds. The summed E-state index contributed by atoms with van der Waals surface area (Å²) in [6.07, 6.45) is 10.2. The third-order valence-corrected chi connectivity index (χ3v) is 5.73. The van der Waals surface area contributed by atoms with Gasteiger partial charge in [0.1, 0.15) is 12.2 Å². The molecule has 1 saturated carbocycles. The van der Waals surface area contributed by atoms with Gasteiger partial charge in [0.05, 0.1) is 24.5 Å². The molecule has 7 nitrogen and oxygen atoms in total. The van der Waals surface area contributed by atoms with E-state index in [1.165, 1.54) is 19.3 Å². The predicted octanol–water partition coefficient (Wildman–Crippen LogP) is 3.34. The first-order chi connectivity index (χ1) is 14.7. The van der Waals surface area contributed by atoms with Crippen LogP contribution >= 0.6 is 0 Å². The monoisotopic (exact) mass is 402 g/mol. The first-order valence-electron chi connectivity index (χ1n) is 10.8. The summed E-state index contributed by atoms with van der Waals surface area (Å²) in [6, 6.07) is 6.21. The minimum Gasteiger partial charge on any atom is -0.376 e. The molecule has 1 aromatic carbocycles. The molecule has 1 unspecified atom stereocenters. The van der Waals surface area contributed by atoms with Gasteiger partial charge in [0.25, 0.3) is 0 Å². The summed E-state index contributed by atoms with van der Waals surface area (Å²) in [7, 11) is 0. The van der Waals surface area contributed by atoms with E-state index in [1.54, 1.807) is 0 Å². The molecule has 2 aromatic heterocycles. The van der Waals surface area contributed by atoms with Crippen LogP contribution in [0.15, 0.2) is 30.6 Å². The molecule has 0 spiro atoms. The summed E-state index contributed by atoms with van der Waals surface area (Å²) in [6.45, 7) is 4.26. The maximum atomic E-state index is 5.81. The second kappa shape index (κ2) is 8.41. The zero-order valence-electron chi connectivity index (χ0n) is 17.3.